The highest BCUT2D eigenvalue weighted by Crippen LogP contribution is 2.47. The number of benzene rings is 1. The van der Waals surface area contributed by atoms with Gasteiger partial charge in [0.25, 0.3) is 0 Å². The number of carbonyl (C=O) groups is 2. The van der Waals surface area contributed by atoms with Gasteiger partial charge >= 0.3 is 6.09 Å². The standard InChI is InChI=1S/C27H32N6O3S/c1-26(2,3)36-25(35)33-14-13-32(16-17(33)10-12-28)22-18-9-11-27(15-21(18)30-24(31-22)37-4)19-7-5-6-8-20(19)29-23(27)34/h5-8,17H,9-11,13-16H2,1-4H3,(H,29,34)/t17-,27?/m0/s1. The second-order valence-electron chi connectivity index (χ2n) is 10.9. The van der Waals surface area contributed by atoms with Crippen LogP contribution in [0.5, 0.6) is 0 Å². The van der Waals surface area contributed by atoms with Crippen LogP contribution in [0.3, 0.4) is 0 Å². The SMILES string of the molecule is CSc1nc2c(c(N3CCN(C(=O)OC(C)(C)C)[C@@H](CC#N)C3)n1)CCC1(C2)C(=O)Nc2ccccc21. The zero-order valence-electron chi connectivity index (χ0n) is 21.7. The largest absolute Gasteiger partial charge is 0.444 e. The number of nitriles is 1. The fourth-order valence-corrected chi connectivity index (χ4v) is 6.03. The van der Waals surface area contributed by atoms with Gasteiger partial charge in [0.1, 0.15) is 11.4 Å². The van der Waals surface area contributed by atoms with E-state index in [4.69, 9.17) is 14.7 Å². The van der Waals surface area contributed by atoms with Crippen LogP contribution in [0.25, 0.3) is 0 Å². The first kappa shape index (κ1) is 25.3. The Hall–Kier alpha value is -3.32. The third-order valence-corrected chi connectivity index (χ3v) is 7.91. The van der Waals surface area contributed by atoms with E-state index in [0.717, 1.165) is 28.3 Å². The molecule has 2 aromatic rings. The number of fused-ring (bicyclic) bond motifs is 3. The van der Waals surface area contributed by atoms with E-state index in [9.17, 15) is 14.9 Å². The van der Waals surface area contributed by atoms with Gasteiger partial charge in [-0.2, -0.15) is 5.26 Å². The van der Waals surface area contributed by atoms with Crippen LogP contribution in [0.2, 0.25) is 0 Å². The van der Waals surface area contributed by atoms with E-state index < -0.39 is 17.1 Å². The molecule has 0 radical (unpaired) electrons. The molecule has 1 saturated heterocycles. The molecule has 1 aliphatic carbocycles. The Morgan fingerprint density at radius 3 is 2.81 bits per heavy atom. The number of thioether (sulfide) groups is 1. The van der Waals surface area contributed by atoms with Crippen molar-refractivity contribution in [3.05, 3.63) is 41.1 Å². The van der Waals surface area contributed by atoms with Gasteiger partial charge in [-0.05, 0) is 51.5 Å². The van der Waals surface area contributed by atoms with Crippen LogP contribution in [0, 0.1) is 11.3 Å². The lowest BCUT2D eigenvalue weighted by atomic mass is 9.69. The average molecular weight is 521 g/mol. The topological polar surface area (TPSA) is 111 Å². The number of hydrogen-bond acceptors (Lipinski definition) is 8. The first-order chi connectivity index (χ1) is 17.6. The fraction of sp³-hybridized carbons (Fsp3) is 0.519. The number of piperazine rings is 1. The van der Waals surface area contributed by atoms with Crippen LogP contribution in [0.15, 0.2) is 29.4 Å². The Balaban J connectivity index is 1.46. The van der Waals surface area contributed by atoms with E-state index in [1.54, 1.807) is 4.90 Å². The summed E-state index contributed by atoms with van der Waals surface area (Å²) in [4.78, 5) is 39.7. The van der Waals surface area contributed by atoms with Crippen LogP contribution in [-0.2, 0) is 27.8 Å². The van der Waals surface area contributed by atoms with Gasteiger partial charge < -0.3 is 19.9 Å². The Kier molecular flexibility index (Phi) is 6.52. The summed E-state index contributed by atoms with van der Waals surface area (Å²) < 4.78 is 5.61. The molecule has 1 fully saturated rings. The number of ether oxygens (including phenoxy) is 1. The van der Waals surface area contributed by atoms with Crippen LogP contribution < -0.4 is 10.2 Å². The smallest absolute Gasteiger partial charge is 0.410 e. The molecule has 9 nitrogen and oxygen atoms in total. The average Bonchev–Trinajstić information content (AvgIpc) is 3.12. The summed E-state index contributed by atoms with van der Waals surface area (Å²) in [6.07, 6.45) is 3.63. The quantitative estimate of drug-likeness (QED) is 0.479. The van der Waals surface area contributed by atoms with Crippen molar-refractivity contribution in [3.63, 3.8) is 0 Å². The third-order valence-electron chi connectivity index (χ3n) is 7.37. The zero-order chi connectivity index (χ0) is 26.4. The minimum atomic E-state index is -0.621. The number of nitrogens with zero attached hydrogens (tertiary/aromatic N) is 5. The normalized spacial score (nSPS) is 22.8. The number of aromatic nitrogens is 2. The Morgan fingerprint density at radius 2 is 2.08 bits per heavy atom. The van der Waals surface area contributed by atoms with Crippen molar-refractivity contribution in [2.24, 2.45) is 0 Å². The van der Waals surface area contributed by atoms with Gasteiger partial charge in [0, 0.05) is 37.3 Å². The minimum absolute atomic E-state index is 0.0327. The van der Waals surface area contributed by atoms with Crippen molar-refractivity contribution in [3.8, 4) is 6.07 Å². The van der Waals surface area contributed by atoms with E-state index in [0.29, 0.717) is 44.1 Å². The van der Waals surface area contributed by atoms with E-state index in [2.05, 4.69) is 16.3 Å². The Bertz CT molecular complexity index is 1290. The van der Waals surface area contributed by atoms with Crippen LogP contribution >= 0.6 is 11.8 Å². The summed E-state index contributed by atoms with van der Waals surface area (Å²) in [5.74, 6) is 0.882. The molecular weight excluding hydrogens is 488 g/mol. The summed E-state index contributed by atoms with van der Waals surface area (Å²) in [7, 11) is 0. The van der Waals surface area contributed by atoms with Crippen LogP contribution in [0.1, 0.15) is 50.4 Å². The maximum atomic E-state index is 13.2. The van der Waals surface area contributed by atoms with E-state index >= 15 is 0 Å². The van der Waals surface area contributed by atoms with Crippen molar-refractivity contribution in [1.29, 1.82) is 5.26 Å². The molecule has 0 saturated carbocycles. The molecule has 1 unspecified atom stereocenters. The zero-order valence-corrected chi connectivity index (χ0v) is 22.5. The van der Waals surface area contributed by atoms with Gasteiger partial charge in [0.05, 0.1) is 29.6 Å². The lowest BCUT2D eigenvalue weighted by Gasteiger charge is -2.42. The van der Waals surface area contributed by atoms with Crippen molar-refractivity contribution >= 4 is 35.3 Å². The predicted octanol–water partition coefficient (Wildman–Crippen LogP) is 3.92. The maximum absolute atomic E-state index is 13.2. The van der Waals surface area contributed by atoms with Crippen molar-refractivity contribution in [2.45, 2.75) is 68.7 Å². The van der Waals surface area contributed by atoms with Crippen molar-refractivity contribution in [1.82, 2.24) is 14.9 Å². The molecule has 1 N–H and O–H groups in total. The molecule has 0 bridgehead atoms. The van der Waals surface area contributed by atoms with Crippen molar-refractivity contribution in [2.75, 3.05) is 36.1 Å². The van der Waals surface area contributed by atoms with Gasteiger partial charge in [-0.3, -0.25) is 4.79 Å². The summed E-state index contributed by atoms with van der Waals surface area (Å²) in [5, 5.41) is 13.2. The van der Waals surface area contributed by atoms with Gasteiger partial charge in [-0.25, -0.2) is 14.8 Å². The van der Waals surface area contributed by atoms with Gasteiger partial charge in [-0.15, -0.1) is 0 Å². The lowest BCUT2D eigenvalue weighted by Crippen LogP contribution is -2.56. The number of nitrogens with one attached hydrogen (secondary N) is 1. The number of rotatable bonds is 3. The molecule has 1 spiro atoms. The highest BCUT2D eigenvalue weighted by molar-refractivity contribution is 7.98. The number of carbonyl (C=O) groups excluding carboxylic acids is 2. The second-order valence-corrected chi connectivity index (χ2v) is 11.6. The predicted molar refractivity (Wildman–Crippen MR) is 142 cm³/mol. The molecule has 2 aliphatic heterocycles. The first-order valence-electron chi connectivity index (χ1n) is 12.6. The lowest BCUT2D eigenvalue weighted by molar-refractivity contribution is -0.121. The molecule has 3 aliphatic rings. The van der Waals surface area contributed by atoms with E-state index in [1.807, 2.05) is 51.3 Å². The van der Waals surface area contributed by atoms with E-state index in [1.165, 1.54) is 11.8 Å². The highest BCUT2D eigenvalue weighted by Gasteiger charge is 2.49. The molecule has 2 atom stereocenters. The maximum Gasteiger partial charge on any atom is 0.410 e. The molecule has 5 rings (SSSR count). The first-order valence-corrected chi connectivity index (χ1v) is 13.8. The minimum Gasteiger partial charge on any atom is -0.444 e. The summed E-state index contributed by atoms with van der Waals surface area (Å²) in [5.41, 5.74) is 2.65. The fourth-order valence-electron chi connectivity index (χ4n) is 5.65. The molecule has 10 heteroatoms. The molecule has 37 heavy (non-hydrogen) atoms. The van der Waals surface area contributed by atoms with Gasteiger partial charge in [-0.1, -0.05) is 30.0 Å². The van der Waals surface area contributed by atoms with E-state index in [-0.39, 0.29) is 18.4 Å². The number of hydrogen-bond donors (Lipinski definition) is 1. The molecule has 1 aromatic carbocycles. The monoisotopic (exact) mass is 520 g/mol. The van der Waals surface area contributed by atoms with Gasteiger partial charge in [0.2, 0.25) is 5.91 Å². The summed E-state index contributed by atoms with van der Waals surface area (Å²) in [6, 6.07) is 9.84. The second kappa shape index (κ2) is 9.53. The highest BCUT2D eigenvalue weighted by atomic mass is 32.2. The Morgan fingerprint density at radius 1 is 1.30 bits per heavy atom. The van der Waals surface area contributed by atoms with Crippen LogP contribution in [0.4, 0.5) is 16.3 Å². The van der Waals surface area contributed by atoms with Crippen LogP contribution in [-0.4, -0.2) is 64.4 Å². The Labute approximate surface area is 221 Å². The number of amides is 2. The molecule has 2 amide bonds. The third kappa shape index (κ3) is 4.61. The van der Waals surface area contributed by atoms with Crippen molar-refractivity contribution < 1.29 is 14.3 Å². The molecular formula is C27H32N6O3S. The molecule has 194 valence electrons. The summed E-state index contributed by atoms with van der Waals surface area (Å²) >= 11 is 1.47. The molecule has 1 aromatic heterocycles. The number of anilines is 2. The molecule has 3 heterocycles. The summed E-state index contributed by atoms with van der Waals surface area (Å²) in [6.45, 7) is 7.02. The number of para-hydroxylation sites is 1. The van der Waals surface area contributed by atoms with Gasteiger partial charge in [0.15, 0.2) is 5.16 Å².